The van der Waals surface area contributed by atoms with Crippen molar-refractivity contribution < 1.29 is 4.79 Å². The molecule has 4 heteroatoms. The molecule has 4 nitrogen and oxygen atoms in total. The highest BCUT2D eigenvalue weighted by atomic mass is 16.1. The molecule has 2 aliphatic carbocycles. The molecular weight excluding hydrogens is 358 g/mol. The van der Waals surface area contributed by atoms with E-state index in [2.05, 4.69) is 52.4 Å². The number of hydrogen-bond donors (Lipinski definition) is 1. The Morgan fingerprint density at radius 2 is 1.83 bits per heavy atom. The number of aryl methyl sites for hydroxylation is 1. The number of nitrogens with one attached hydrogen (secondary N) is 1. The maximum atomic E-state index is 12.3. The minimum absolute atomic E-state index is 0.206. The van der Waals surface area contributed by atoms with Gasteiger partial charge in [0, 0.05) is 43.5 Å². The number of amides is 1. The maximum absolute atomic E-state index is 12.3. The summed E-state index contributed by atoms with van der Waals surface area (Å²) in [4.78, 5) is 17.5. The second kappa shape index (κ2) is 9.80. The number of rotatable bonds is 6. The van der Waals surface area contributed by atoms with Gasteiger partial charge in [0.1, 0.15) is 0 Å². The van der Waals surface area contributed by atoms with Gasteiger partial charge in [-0.25, -0.2) is 0 Å². The van der Waals surface area contributed by atoms with E-state index in [9.17, 15) is 4.79 Å². The molecule has 3 aliphatic rings. The molecule has 1 heterocycles. The molecule has 0 aromatic heterocycles. The molecule has 1 amide bonds. The van der Waals surface area contributed by atoms with E-state index in [1.165, 1.54) is 50.1 Å². The van der Waals surface area contributed by atoms with E-state index in [0.29, 0.717) is 6.04 Å². The van der Waals surface area contributed by atoms with E-state index in [0.717, 1.165) is 56.7 Å². The first kappa shape index (κ1) is 20.5. The molecular formula is C25H37N3O. The van der Waals surface area contributed by atoms with Crippen LogP contribution < -0.4 is 10.2 Å². The monoisotopic (exact) mass is 395 g/mol. The molecule has 0 spiro atoms. The fraction of sp³-hybridized carbons (Fsp3) is 0.640. The van der Waals surface area contributed by atoms with Gasteiger partial charge in [0.15, 0.2) is 0 Å². The average Bonchev–Trinajstić information content (AvgIpc) is 3.29. The van der Waals surface area contributed by atoms with Crippen molar-refractivity contribution in [1.82, 2.24) is 10.2 Å². The molecule has 1 saturated carbocycles. The largest absolute Gasteiger partial charge is 0.369 e. The number of carbonyl (C=O) groups excluding carboxylic acids is 1. The molecule has 1 aliphatic heterocycles. The van der Waals surface area contributed by atoms with Crippen LogP contribution in [0.25, 0.3) is 0 Å². The van der Waals surface area contributed by atoms with Crippen molar-refractivity contribution in [2.45, 2.75) is 64.3 Å². The maximum Gasteiger partial charge on any atom is 0.247 e. The number of benzene rings is 1. The van der Waals surface area contributed by atoms with Gasteiger partial charge in [-0.15, -0.1) is 0 Å². The van der Waals surface area contributed by atoms with Crippen molar-refractivity contribution in [3.8, 4) is 0 Å². The second-order valence-corrected chi connectivity index (χ2v) is 9.22. The standard InChI is InChI=1S/C25H37N3O/c1-20-6-2-5-9-24(20)28-18-16-27(17-19-28)15-14-21-10-12-23(13-11-21)26-25(29)22-7-3-4-8-22/h2,5-7,9,21,23H,3-4,8,10-19H2,1H3,(H,26,29)/t21-,23-. The molecule has 1 aromatic rings. The lowest BCUT2D eigenvalue weighted by atomic mass is 9.84. The van der Waals surface area contributed by atoms with Crippen LogP contribution in [-0.4, -0.2) is 49.6 Å². The van der Waals surface area contributed by atoms with E-state index in [1.807, 2.05) is 0 Å². The fourth-order valence-electron chi connectivity index (χ4n) is 5.25. The number of allylic oxidation sites excluding steroid dienone is 1. The Balaban J connectivity index is 1.13. The van der Waals surface area contributed by atoms with Crippen LogP contribution in [0.2, 0.25) is 0 Å². The molecule has 4 rings (SSSR count). The van der Waals surface area contributed by atoms with Crippen molar-refractivity contribution in [2.75, 3.05) is 37.6 Å². The van der Waals surface area contributed by atoms with Gasteiger partial charge in [0.25, 0.3) is 0 Å². The Bertz CT molecular complexity index is 713. The van der Waals surface area contributed by atoms with Crippen LogP contribution in [0.15, 0.2) is 35.9 Å². The van der Waals surface area contributed by atoms with Crippen molar-refractivity contribution in [3.05, 3.63) is 41.5 Å². The Kier molecular flexibility index (Phi) is 6.91. The normalized spacial score (nSPS) is 25.7. The number of carbonyl (C=O) groups is 1. The molecule has 29 heavy (non-hydrogen) atoms. The fourth-order valence-corrected chi connectivity index (χ4v) is 5.25. The van der Waals surface area contributed by atoms with Gasteiger partial charge in [-0.3, -0.25) is 9.69 Å². The molecule has 2 fully saturated rings. The van der Waals surface area contributed by atoms with Gasteiger partial charge in [-0.1, -0.05) is 24.3 Å². The first-order chi connectivity index (χ1) is 14.2. The smallest absolute Gasteiger partial charge is 0.247 e. The van der Waals surface area contributed by atoms with Gasteiger partial charge < -0.3 is 10.2 Å². The van der Waals surface area contributed by atoms with Gasteiger partial charge in [0.2, 0.25) is 5.91 Å². The summed E-state index contributed by atoms with van der Waals surface area (Å²) in [7, 11) is 0. The van der Waals surface area contributed by atoms with Crippen molar-refractivity contribution in [3.63, 3.8) is 0 Å². The Morgan fingerprint density at radius 1 is 1.07 bits per heavy atom. The zero-order chi connectivity index (χ0) is 20.1. The Labute approximate surface area is 176 Å². The van der Waals surface area contributed by atoms with E-state index in [1.54, 1.807) is 0 Å². The molecule has 1 N–H and O–H groups in total. The zero-order valence-corrected chi connectivity index (χ0v) is 18.0. The average molecular weight is 396 g/mol. The van der Waals surface area contributed by atoms with Gasteiger partial charge in [-0.2, -0.15) is 0 Å². The summed E-state index contributed by atoms with van der Waals surface area (Å²) in [5.41, 5.74) is 3.81. The van der Waals surface area contributed by atoms with E-state index < -0.39 is 0 Å². The summed E-state index contributed by atoms with van der Waals surface area (Å²) in [5.74, 6) is 1.04. The number of para-hydroxylation sites is 1. The van der Waals surface area contributed by atoms with Gasteiger partial charge in [-0.05, 0) is 82.4 Å². The first-order valence-electron chi connectivity index (χ1n) is 11.7. The van der Waals surface area contributed by atoms with Crippen LogP contribution in [-0.2, 0) is 4.79 Å². The number of piperazine rings is 1. The summed E-state index contributed by atoms with van der Waals surface area (Å²) in [5, 5.41) is 3.29. The molecule has 1 saturated heterocycles. The summed E-state index contributed by atoms with van der Waals surface area (Å²) >= 11 is 0. The lowest BCUT2D eigenvalue weighted by Crippen LogP contribution is -2.47. The lowest BCUT2D eigenvalue weighted by molar-refractivity contribution is -0.118. The lowest BCUT2D eigenvalue weighted by Gasteiger charge is -2.38. The number of anilines is 1. The van der Waals surface area contributed by atoms with Crippen LogP contribution in [0.3, 0.4) is 0 Å². The Hall–Kier alpha value is -1.81. The van der Waals surface area contributed by atoms with Crippen LogP contribution in [0.4, 0.5) is 5.69 Å². The summed E-state index contributed by atoms with van der Waals surface area (Å²) < 4.78 is 0. The second-order valence-electron chi connectivity index (χ2n) is 9.22. The minimum atomic E-state index is 0.206. The highest BCUT2D eigenvalue weighted by molar-refractivity contribution is 5.93. The third-order valence-corrected chi connectivity index (χ3v) is 7.20. The van der Waals surface area contributed by atoms with Crippen LogP contribution in [0.5, 0.6) is 0 Å². The zero-order valence-electron chi connectivity index (χ0n) is 18.0. The highest BCUT2D eigenvalue weighted by Crippen LogP contribution is 2.28. The Morgan fingerprint density at radius 3 is 2.52 bits per heavy atom. The summed E-state index contributed by atoms with van der Waals surface area (Å²) in [6.07, 6.45) is 11.5. The van der Waals surface area contributed by atoms with Crippen molar-refractivity contribution >= 4 is 11.6 Å². The highest BCUT2D eigenvalue weighted by Gasteiger charge is 2.25. The van der Waals surface area contributed by atoms with Gasteiger partial charge in [0.05, 0.1) is 0 Å². The number of hydrogen-bond acceptors (Lipinski definition) is 3. The molecule has 0 bridgehead atoms. The van der Waals surface area contributed by atoms with E-state index in [4.69, 9.17) is 0 Å². The van der Waals surface area contributed by atoms with Crippen LogP contribution in [0.1, 0.15) is 56.9 Å². The third kappa shape index (κ3) is 5.42. The SMILES string of the molecule is Cc1ccccc1N1CCN(CC[C@H]2CC[C@H](NC(=O)C3=CCCC3)CC2)CC1. The number of nitrogens with zero attached hydrogens (tertiary/aromatic N) is 2. The van der Waals surface area contributed by atoms with Crippen molar-refractivity contribution in [1.29, 1.82) is 0 Å². The third-order valence-electron chi connectivity index (χ3n) is 7.20. The minimum Gasteiger partial charge on any atom is -0.369 e. The quantitative estimate of drug-likeness (QED) is 0.780. The molecule has 0 atom stereocenters. The van der Waals surface area contributed by atoms with Gasteiger partial charge >= 0.3 is 0 Å². The van der Waals surface area contributed by atoms with Crippen LogP contribution in [0, 0.1) is 12.8 Å². The topological polar surface area (TPSA) is 35.6 Å². The summed E-state index contributed by atoms with van der Waals surface area (Å²) in [6.45, 7) is 8.07. The first-order valence-corrected chi connectivity index (χ1v) is 11.7. The predicted molar refractivity (Wildman–Crippen MR) is 120 cm³/mol. The molecule has 0 radical (unpaired) electrons. The van der Waals surface area contributed by atoms with E-state index in [-0.39, 0.29) is 5.91 Å². The molecule has 158 valence electrons. The summed E-state index contributed by atoms with van der Waals surface area (Å²) in [6, 6.07) is 9.15. The predicted octanol–water partition coefficient (Wildman–Crippen LogP) is 4.29. The van der Waals surface area contributed by atoms with Crippen LogP contribution >= 0.6 is 0 Å². The van der Waals surface area contributed by atoms with Crippen molar-refractivity contribution in [2.24, 2.45) is 5.92 Å². The molecule has 1 aromatic carbocycles. The molecule has 0 unspecified atom stereocenters. The van der Waals surface area contributed by atoms with E-state index >= 15 is 0 Å².